The van der Waals surface area contributed by atoms with E-state index < -0.39 is 0 Å². The third-order valence-corrected chi connectivity index (χ3v) is 3.95. The molecule has 2 N–H and O–H groups in total. The van der Waals surface area contributed by atoms with Crippen LogP contribution < -0.4 is 10.5 Å². The highest BCUT2D eigenvalue weighted by Gasteiger charge is 2.15. The van der Waals surface area contributed by atoms with Crippen LogP contribution in [-0.4, -0.2) is 7.11 Å². The third kappa shape index (κ3) is 3.19. The molecule has 0 aliphatic rings. The van der Waals surface area contributed by atoms with Crippen molar-refractivity contribution in [3.05, 3.63) is 63.4 Å². The second kappa shape index (κ2) is 6.37. The summed E-state index contributed by atoms with van der Waals surface area (Å²) in [6.07, 6.45) is 0.421. The van der Waals surface area contributed by atoms with Crippen molar-refractivity contribution in [1.29, 1.82) is 0 Å². The maximum Gasteiger partial charge on any atom is 0.168 e. The molecule has 2 aromatic rings. The van der Waals surface area contributed by atoms with Gasteiger partial charge in [0.25, 0.3) is 0 Å². The fraction of sp³-hybridized carbons (Fsp3) is 0.250. The zero-order valence-corrected chi connectivity index (χ0v) is 13.1. The van der Waals surface area contributed by atoms with Crippen molar-refractivity contribution in [3.8, 4) is 5.75 Å². The molecule has 0 amide bonds. The smallest absolute Gasteiger partial charge is 0.168 e. The van der Waals surface area contributed by atoms with Gasteiger partial charge in [0.2, 0.25) is 0 Å². The van der Waals surface area contributed by atoms with Crippen LogP contribution in [0.1, 0.15) is 22.7 Å². The van der Waals surface area contributed by atoms with E-state index in [4.69, 9.17) is 10.5 Å². The Morgan fingerprint density at radius 2 is 2.05 bits per heavy atom. The Morgan fingerprint density at radius 3 is 2.70 bits per heavy atom. The lowest BCUT2D eigenvalue weighted by molar-refractivity contribution is 0.383. The Balaban J connectivity index is 2.25. The summed E-state index contributed by atoms with van der Waals surface area (Å²) in [6.45, 7) is 2.02. The first-order chi connectivity index (χ1) is 9.52. The van der Waals surface area contributed by atoms with Gasteiger partial charge in [0, 0.05) is 10.5 Å². The van der Waals surface area contributed by atoms with Gasteiger partial charge in [-0.15, -0.1) is 0 Å². The number of ether oxygens (including phenoxy) is 1. The molecule has 0 spiro atoms. The molecule has 1 unspecified atom stereocenters. The van der Waals surface area contributed by atoms with E-state index in [2.05, 4.69) is 15.9 Å². The molecule has 0 radical (unpaired) electrons. The second-order valence-electron chi connectivity index (χ2n) is 4.77. The fourth-order valence-electron chi connectivity index (χ4n) is 2.15. The highest BCUT2D eigenvalue weighted by Crippen LogP contribution is 2.28. The van der Waals surface area contributed by atoms with Crippen LogP contribution in [0.5, 0.6) is 5.75 Å². The number of rotatable bonds is 4. The minimum absolute atomic E-state index is 0.248. The average Bonchev–Trinajstić information content (AvgIpc) is 2.41. The number of nitrogens with two attached hydrogens (primary N) is 1. The average molecular weight is 338 g/mol. The molecule has 0 fully saturated rings. The van der Waals surface area contributed by atoms with Crippen LogP contribution in [0, 0.1) is 12.7 Å². The molecule has 0 aliphatic carbocycles. The van der Waals surface area contributed by atoms with Crippen molar-refractivity contribution >= 4 is 15.9 Å². The molecule has 2 rings (SSSR count). The monoisotopic (exact) mass is 337 g/mol. The van der Waals surface area contributed by atoms with Gasteiger partial charge in [-0.25, -0.2) is 4.39 Å². The zero-order valence-electron chi connectivity index (χ0n) is 11.5. The fourth-order valence-corrected chi connectivity index (χ4v) is 2.94. The van der Waals surface area contributed by atoms with Crippen LogP contribution in [0.4, 0.5) is 4.39 Å². The summed E-state index contributed by atoms with van der Waals surface area (Å²) in [7, 11) is 1.46. The Morgan fingerprint density at radius 1 is 1.30 bits per heavy atom. The molecule has 0 aromatic heterocycles. The Bertz CT molecular complexity index is 615. The largest absolute Gasteiger partial charge is 0.494 e. The third-order valence-electron chi connectivity index (χ3n) is 3.26. The number of methoxy groups -OCH3 is 1. The van der Waals surface area contributed by atoms with Crippen molar-refractivity contribution < 1.29 is 9.13 Å². The molecule has 0 heterocycles. The van der Waals surface area contributed by atoms with E-state index in [9.17, 15) is 4.39 Å². The van der Waals surface area contributed by atoms with Crippen molar-refractivity contribution in [2.45, 2.75) is 19.4 Å². The summed E-state index contributed by atoms with van der Waals surface area (Å²) < 4.78 is 20.1. The van der Waals surface area contributed by atoms with Gasteiger partial charge in [0.1, 0.15) is 0 Å². The van der Waals surface area contributed by atoms with Gasteiger partial charge in [0.15, 0.2) is 11.6 Å². The number of halogens is 2. The van der Waals surface area contributed by atoms with Crippen LogP contribution in [0.2, 0.25) is 0 Å². The van der Waals surface area contributed by atoms with Gasteiger partial charge in [-0.05, 0) is 42.2 Å². The minimum atomic E-state index is -0.339. The number of benzene rings is 2. The first-order valence-electron chi connectivity index (χ1n) is 6.36. The van der Waals surface area contributed by atoms with Crippen LogP contribution in [0.3, 0.4) is 0 Å². The van der Waals surface area contributed by atoms with E-state index >= 15 is 0 Å². The molecule has 2 aromatic carbocycles. The SMILES string of the molecule is COc1cccc(CC(N)c2ccc(C)cc2Br)c1F. The lowest BCUT2D eigenvalue weighted by Crippen LogP contribution is -2.15. The van der Waals surface area contributed by atoms with E-state index in [1.165, 1.54) is 7.11 Å². The predicted octanol–water partition coefficient (Wildman–Crippen LogP) is 4.15. The van der Waals surface area contributed by atoms with Gasteiger partial charge in [0.05, 0.1) is 7.11 Å². The molecule has 4 heteroatoms. The topological polar surface area (TPSA) is 35.2 Å². The van der Waals surface area contributed by atoms with E-state index in [-0.39, 0.29) is 17.6 Å². The van der Waals surface area contributed by atoms with E-state index in [0.717, 1.165) is 15.6 Å². The highest BCUT2D eigenvalue weighted by atomic mass is 79.9. The van der Waals surface area contributed by atoms with Crippen LogP contribution in [-0.2, 0) is 6.42 Å². The van der Waals surface area contributed by atoms with Gasteiger partial charge < -0.3 is 10.5 Å². The summed E-state index contributed by atoms with van der Waals surface area (Å²) in [5.41, 5.74) is 8.88. The lowest BCUT2D eigenvalue weighted by Gasteiger charge is -2.16. The molecule has 0 saturated heterocycles. The van der Waals surface area contributed by atoms with Gasteiger partial charge >= 0.3 is 0 Å². The number of aryl methyl sites for hydroxylation is 1. The highest BCUT2D eigenvalue weighted by molar-refractivity contribution is 9.10. The molecule has 20 heavy (non-hydrogen) atoms. The maximum absolute atomic E-state index is 14.1. The van der Waals surface area contributed by atoms with Crippen molar-refractivity contribution in [2.24, 2.45) is 5.73 Å². The van der Waals surface area contributed by atoms with Gasteiger partial charge in [-0.2, -0.15) is 0 Å². The Kier molecular flexibility index (Phi) is 4.78. The van der Waals surface area contributed by atoms with Crippen LogP contribution in [0.25, 0.3) is 0 Å². The maximum atomic E-state index is 14.1. The van der Waals surface area contributed by atoms with Gasteiger partial charge in [-0.3, -0.25) is 0 Å². The Hall–Kier alpha value is -1.39. The lowest BCUT2D eigenvalue weighted by atomic mass is 9.98. The quantitative estimate of drug-likeness (QED) is 0.909. The molecular formula is C16H17BrFNO. The normalized spacial score (nSPS) is 12.2. The summed E-state index contributed by atoms with van der Waals surface area (Å²) >= 11 is 3.51. The second-order valence-corrected chi connectivity index (χ2v) is 5.62. The van der Waals surface area contributed by atoms with E-state index in [0.29, 0.717) is 12.0 Å². The standard InChI is InChI=1S/C16H17BrFNO/c1-10-6-7-12(13(17)8-10)14(19)9-11-4-3-5-15(20-2)16(11)18/h3-8,14H,9,19H2,1-2H3. The van der Waals surface area contributed by atoms with Crippen molar-refractivity contribution in [1.82, 2.24) is 0 Å². The number of hydrogen-bond acceptors (Lipinski definition) is 2. The molecule has 0 bridgehead atoms. The van der Waals surface area contributed by atoms with Crippen LogP contribution in [0.15, 0.2) is 40.9 Å². The van der Waals surface area contributed by atoms with Crippen LogP contribution >= 0.6 is 15.9 Å². The summed E-state index contributed by atoms with van der Waals surface area (Å²) in [5, 5.41) is 0. The van der Waals surface area contributed by atoms with Crippen molar-refractivity contribution in [2.75, 3.05) is 7.11 Å². The van der Waals surface area contributed by atoms with Crippen molar-refractivity contribution in [3.63, 3.8) is 0 Å². The Labute approximate surface area is 126 Å². The first-order valence-corrected chi connectivity index (χ1v) is 7.15. The molecule has 0 aliphatic heterocycles. The van der Waals surface area contributed by atoms with Gasteiger partial charge in [-0.1, -0.05) is 40.2 Å². The predicted molar refractivity (Wildman–Crippen MR) is 82.5 cm³/mol. The van der Waals surface area contributed by atoms with E-state index in [1.54, 1.807) is 18.2 Å². The molecule has 106 valence electrons. The summed E-state index contributed by atoms with van der Waals surface area (Å²) in [4.78, 5) is 0. The van der Waals surface area contributed by atoms with E-state index in [1.807, 2.05) is 25.1 Å². The number of hydrogen-bond donors (Lipinski definition) is 1. The molecular weight excluding hydrogens is 321 g/mol. The first kappa shape index (κ1) is 15.0. The zero-order chi connectivity index (χ0) is 14.7. The molecule has 0 saturated carbocycles. The molecule has 2 nitrogen and oxygen atoms in total. The molecule has 1 atom stereocenters. The summed E-state index contributed by atoms with van der Waals surface area (Å²) in [5.74, 6) is -0.0913. The minimum Gasteiger partial charge on any atom is -0.494 e. The summed E-state index contributed by atoms with van der Waals surface area (Å²) in [6, 6.07) is 10.8.